The largest absolute Gasteiger partial charge is 0.374 e. The number of likely N-dealkylation sites (N-methyl/N-ethyl adjacent to an activating group) is 1. The van der Waals surface area contributed by atoms with Crippen LogP contribution in [0.5, 0.6) is 0 Å². The number of hydrogen-bond donors (Lipinski definition) is 0. The first-order valence-corrected chi connectivity index (χ1v) is 9.47. The van der Waals surface area contributed by atoms with E-state index >= 15 is 0 Å². The number of carbonyl (C=O) groups excluding carboxylic acids is 1. The minimum absolute atomic E-state index is 0.0673. The fraction of sp³-hybridized carbons (Fsp3) is 0.600. The molecule has 1 amide bonds. The summed E-state index contributed by atoms with van der Waals surface area (Å²) in [6.45, 7) is 12.2. The van der Waals surface area contributed by atoms with E-state index in [0.717, 1.165) is 64.5 Å². The smallest absolute Gasteiger partial charge is 0.254 e. The molecule has 1 unspecified atom stereocenters. The number of carbonyl (C=O) groups is 1. The lowest BCUT2D eigenvalue weighted by Gasteiger charge is -2.39. The predicted octanol–water partition coefficient (Wildman–Crippen LogP) is 1.35. The lowest BCUT2D eigenvalue weighted by atomic mass is 10.0. The first-order chi connectivity index (χ1) is 12.6. The zero-order valence-electron chi connectivity index (χ0n) is 15.8. The SMILES string of the molecule is CCN1CCOC(CN2CCN(C(=O)c3ccc(C#N)cc3C)CC2)C1. The van der Waals surface area contributed by atoms with Crippen molar-refractivity contribution in [2.45, 2.75) is 20.0 Å². The molecule has 0 bridgehead atoms. The minimum Gasteiger partial charge on any atom is -0.374 e. The van der Waals surface area contributed by atoms with Crippen molar-refractivity contribution in [1.82, 2.24) is 14.7 Å². The molecule has 6 heteroatoms. The van der Waals surface area contributed by atoms with Gasteiger partial charge in [-0.2, -0.15) is 5.26 Å². The van der Waals surface area contributed by atoms with Gasteiger partial charge >= 0.3 is 0 Å². The molecule has 0 aromatic heterocycles. The van der Waals surface area contributed by atoms with Crippen molar-refractivity contribution in [2.24, 2.45) is 0 Å². The van der Waals surface area contributed by atoms with Crippen LogP contribution in [0.25, 0.3) is 0 Å². The molecule has 0 spiro atoms. The average molecular weight is 356 g/mol. The highest BCUT2D eigenvalue weighted by molar-refractivity contribution is 5.95. The maximum atomic E-state index is 12.8. The van der Waals surface area contributed by atoms with E-state index in [0.29, 0.717) is 11.1 Å². The van der Waals surface area contributed by atoms with E-state index in [4.69, 9.17) is 10.00 Å². The highest BCUT2D eigenvalue weighted by Gasteiger charge is 2.26. The van der Waals surface area contributed by atoms with Crippen LogP contribution in [0.2, 0.25) is 0 Å². The molecule has 1 atom stereocenters. The monoisotopic (exact) mass is 356 g/mol. The number of hydrogen-bond acceptors (Lipinski definition) is 5. The maximum absolute atomic E-state index is 12.8. The van der Waals surface area contributed by atoms with Gasteiger partial charge in [0.1, 0.15) is 0 Å². The predicted molar refractivity (Wildman–Crippen MR) is 100 cm³/mol. The van der Waals surface area contributed by atoms with Crippen LogP contribution in [0.4, 0.5) is 0 Å². The number of nitrogens with zero attached hydrogens (tertiary/aromatic N) is 4. The van der Waals surface area contributed by atoms with Crippen molar-refractivity contribution in [3.05, 3.63) is 34.9 Å². The van der Waals surface area contributed by atoms with Gasteiger partial charge in [0.2, 0.25) is 0 Å². The molecular formula is C20H28N4O2. The third-order valence-electron chi connectivity index (χ3n) is 5.38. The summed E-state index contributed by atoms with van der Waals surface area (Å²) in [5.74, 6) is 0.0673. The Morgan fingerprint density at radius 3 is 2.65 bits per heavy atom. The zero-order valence-corrected chi connectivity index (χ0v) is 15.8. The molecule has 26 heavy (non-hydrogen) atoms. The molecule has 2 aliphatic rings. The van der Waals surface area contributed by atoms with Gasteiger partial charge in [0.15, 0.2) is 0 Å². The highest BCUT2D eigenvalue weighted by atomic mass is 16.5. The molecule has 0 radical (unpaired) electrons. The summed E-state index contributed by atoms with van der Waals surface area (Å²) in [4.78, 5) is 19.5. The molecule has 140 valence electrons. The topological polar surface area (TPSA) is 59.8 Å². The van der Waals surface area contributed by atoms with Gasteiger partial charge in [0.05, 0.1) is 24.3 Å². The number of benzene rings is 1. The average Bonchev–Trinajstić information content (AvgIpc) is 2.68. The van der Waals surface area contributed by atoms with Gasteiger partial charge in [-0.15, -0.1) is 0 Å². The molecule has 2 aliphatic heterocycles. The van der Waals surface area contributed by atoms with Crippen LogP contribution in [-0.4, -0.2) is 85.7 Å². The molecule has 1 aromatic rings. The summed E-state index contributed by atoms with van der Waals surface area (Å²) < 4.78 is 5.90. The Bertz CT molecular complexity index is 677. The molecule has 3 rings (SSSR count). The third-order valence-corrected chi connectivity index (χ3v) is 5.38. The van der Waals surface area contributed by atoms with Crippen LogP contribution in [0.1, 0.15) is 28.4 Å². The second-order valence-corrected chi connectivity index (χ2v) is 7.12. The molecule has 6 nitrogen and oxygen atoms in total. The van der Waals surface area contributed by atoms with Crippen LogP contribution in [0, 0.1) is 18.3 Å². The lowest BCUT2D eigenvalue weighted by Crippen LogP contribution is -2.53. The summed E-state index contributed by atoms with van der Waals surface area (Å²) in [7, 11) is 0. The van der Waals surface area contributed by atoms with Gasteiger partial charge in [-0.3, -0.25) is 14.6 Å². The number of ether oxygens (including phenoxy) is 1. The van der Waals surface area contributed by atoms with E-state index in [1.165, 1.54) is 0 Å². The number of morpholine rings is 1. The van der Waals surface area contributed by atoms with Crippen molar-refractivity contribution in [3.8, 4) is 6.07 Å². The number of aryl methyl sites for hydroxylation is 1. The second kappa shape index (κ2) is 8.63. The fourth-order valence-corrected chi connectivity index (χ4v) is 3.74. The van der Waals surface area contributed by atoms with Crippen molar-refractivity contribution < 1.29 is 9.53 Å². The van der Waals surface area contributed by atoms with E-state index in [1.807, 2.05) is 11.8 Å². The Labute approximate surface area is 155 Å². The Hall–Kier alpha value is -1.94. The number of amides is 1. The highest BCUT2D eigenvalue weighted by Crippen LogP contribution is 2.16. The Morgan fingerprint density at radius 2 is 2.00 bits per heavy atom. The van der Waals surface area contributed by atoms with Gasteiger partial charge in [-0.1, -0.05) is 6.92 Å². The molecule has 0 saturated carbocycles. The van der Waals surface area contributed by atoms with E-state index in [9.17, 15) is 4.79 Å². The third kappa shape index (κ3) is 4.42. The lowest BCUT2D eigenvalue weighted by molar-refractivity contribution is -0.0458. The summed E-state index contributed by atoms with van der Waals surface area (Å²) in [5, 5.41) is 8.97. The van der Waals surface area contributed by atoms with Gasteiger partial charge in [0.25, 0.3) is 5.91 Å². The van der Waals surface area contributed by atoms with Gasteiger partial charge < -0.3 is 9.64 Å². The van der Waals surface area contributed by atoms with E-state index in [-0.39, 0.29) is 12.0 Å². The van der Waals surface area contributed by atoms with Gasteiger partial charge in [-0.05, 0) is 37.2 Å². The van der Waals surface area contributed by atoms with Crippen LogP contribution < -0.4 is 0 Å². The Kier molecular flexibility index (Phi) is 6.25. The Morgan fingerprint density at radius 1 is 1.23 bits per heavy atom. The molecule has 1 aromatic carbocycles. The molecular weight excluding hydrogens is 328 g/mol. The zero-order chi connectivity index (χ0) is 18.5. The van der Waals surface area contributed by atoms with Crippen molar-refractivity contribution >= 4 is 5.91 Å². The van der Waals surface area contributed by atoms with Crippen LogP contribution in [0.3, 0.4) is 0 Å². The normalized spacial score (nSPS) is 22.2. The number of rotatable bonds is 4. The van der Waals surface area contributed by atoms with Crippen molar-refractivity contribution in [3.63, 3.8) is 0 Å². The summed E-state index contributed by atoms with van der Waals surface area (Å²) >= 11 is 0. The van der Waals surface area contributed by atoms with Crippen LogP contribution >= 0.6 is 0 Å². The quantitative estimate of drug-likeness (QED) is 0.815. The van der Waals surface area contributed by atoms with E-state index in [2.05, 4.69) is 22.8 Å². The van der Waals surface area contributed by atoms with Crippen molar-refractivity contribution in [1.29, 1.82) is 5.26 Å². The van der Waals surface area contributed by atoms with E-state index < -0.39 is 0 Å². The molecule has 2 heterocycles. The molecule has 2 saturated heterocycles. The Balaban J connectivity index is 1.52. The van der Waals surface area contributed by atoms with Crippen LogP contribution in [-0.2, 0) is 4.74 Å². The first kappa shape index (κ1) is 18.8. The second-order valence-electron chi connectivity index (χ2n) is 7.12. The summed E-state index contributed by atoms with van der Waals surface area (Å²) in [6, 6.07) is 7.39. The molecule has 2 fully saturated rings. The van der Waals surface area contributed by atoms with E-state index in [1.54, 1.807) is 18.2 Å². The first-order valence-electron chi connectivity index (χ1n) is 9.47. The van der Waals surface area contributed by atoms with Crippen molar-refractivity contribution in [2.75, 3.05) is 59.0 Å². The summed E-state index contributed by atoms with van der Waals surface area (Å²) in [6.07, 6.45) is 0.270. The minimum atomic E-state index is 0.0673. The molecule has 0 aliphatic carbocycles. The van der Waals surface area contributed by atoms with Gasteiger partial charge in [0, 0.05) is 51.4 Å². The summed E-state index contributed by atoms with van der Waals surface area (Å²) in [5.41, 5.74) is 2.16. The maximum Gasteiger partial charge on any atom is 0.254 e. The molecule has 0 N–H and O–H groups in total. The van der Waals surface area contributed by atoms with Crippen LogP contribution in [0.15, 0.2) is 18.2 Å². The number of piperazine rings is 1. The standard InChI is InChI=1S/C20H28N4O2/c1-3-22-10-11-26-18(14-22)15-23-6-8-24(9-7-23)20(25)19-5-4-17(13-21)12-16(19)2/h4-5,12,18H,3,6-11,14-15H2,1-2H3. The fourth-order valence-electron chi connectivity index (χ4n) is 3.74. The van der Waals surface area contributed by atoms with Gasteiger partial charge in [-0.25, -0.2) is 0 Å². The number of nitriles is 1.